The van der Waals surface area contributed by atoms with Gasteiger partial charge in [-0.1, -0.05) is 51.5 Å². The summed E-state index contributed by atoms with van der Waals surface area (Å²) in [4.78, 5) is 4.79. The summed E-state index contributed by atoms with van der Waals surface area (Å²) in [5.74, 6) is 0.790. The van der Waals surface area contributed by atoms with Crippen LogP contribution in [0.5, 0.6) is 0 Å². The van der Waals surface area contributed by atoms with Crippen molar-refractivity contribution >= 4 is 0 Å². The zero-order chi connectivity index (χ0) is 11.9. The zero-order valence-electron chi connectivity index (χ0n) is 11.1. The van der Waals surface area contributed by atoms with Crippen LogP contribution in [0.3, 0.4) is 0 Å². The summed E-state index contributed by atoms with van der Waals surface area (Å²) < 4.78 is 0. The van der Waals surface area contributed by atoms with E-state index in [1.165, 1.54) is 62.8 Å². The lowest BCUT2D eigenvalue weighted by Gasteiger charge is -2.11. The van der Waals surface area contributed by atoms with Gasteiger partial charge in [-0.25, -0.2) is 0 Å². The fourth-order valence-electron chi connectivity index (χ4n) is 2.75. The smallest absolute Gasteiger partial charge is 0.0409 e. The van der Waals surface area contributed by atoms with Crippen LogP contribution in [-0.4, -0.2) is 4.98 Å². The van der Waals surface area contributed by atoms with E-state index in [1.807, 2.05) is 0 Å². The van der Waals surface area contributed by atoms with Crippen LogP contribution >= 0.6 is 0 Å². The van der Waals surface area contributed by atoms with Gasteiger partial charge in [0.15, 0.2) is 0 Å². The van der Waals surface area contributed by atoms with Gasteiger partial charge < -0.3 is 0 Å². The number of nitrogens with zero attached hydrogens (tertiary/aromatic N) is 1. The van der Waals surface area contributed by atoms with Gasteiger partial charge in [-0.05, 0) is 37.3 Å². The summed E-state index contributed by atoms with van der Waals surface area (Å²) >= 11 is 0. The number of rotatable bonds is 0. The molecule has 0 amide bonds. The lowest BCUT2D eigenvalue weighted by Crippen LogP contribution is -2.03. The third kappa shape index (κ3) is 4.49. The molecule has 94 valence electrons. The summed E-state index contributed by atoms with van der Waals surface area (Å²) in [6.45, 7) is 2.37. The minimum absolute atomic E-state index is 0.790. The minimum atomic E-state index is 0.790. The van der Waals surface area contributed by atoms with E-state index in [4.69, 9.17) is 4.98 Å². The Hall–Kier alpha value is -0.850. The topological polar surface area (TPSA) is 12.9 Å². The quantitative estimate of drug-likeness (QED) is 0.638. The van der Waals surface area contributed by atoms with Gasteiger partial charge >= 0.3 is 0 Å². The fraction of sp³-hybridized carbons (Fsp3) is 0.688. The molecule has 0 radical (unpaired) electrons. The molecule has 0 saturated carbocycles. The van der Waals surface area contributed by atoms with Crippen LogP contribution in [0.25, 0.3) is 0 Å². The van der Waals surface area contributed by atoms with Crippen molar-refractivity contribution in [3.63, 3.8) is 0 Å². The van der Waals surface area contributed by atoms with Crippen LogP contribution < -0.4 is 0 Å². The molecule has 1 aliphatic heterocycles. The van der Waals surface area contributed by atoms with Gasteiger partial charge in [0.05, 0.1) is 0 Å². The molecule has 1 aliphatic rings. The summed E-state index contributed by atoms with van der Waals surface area (Å²) in [7, 11) is 0. The second kappa shape index (κ2) is 6.78. The van der Waals surface area contributed by atoms with Crippen molar-refractivity contribution in [1.82, 2.24) is 4.98 Å². The molecular formula is C16H25N. The fourth-order valence-corrected chi connectivity index (χ4v) is 2.75. The van der Waals surface area contributed by atoms with Gasteiger partial charge in [0.1, 0.15) is 0 Å². The van der Waals surface area contributed by atoms with Gasteiger partial charge in [0, 0.05) is 11.4 Å². The van der Waals surface area contributed by atoms with Gasteiger partial charge in [0.25, 0.3) is 0 Å². The molecule has 0 unspecified atom stereocenters. The van der Waals surface area contributed by atoms with E-state index in [2.05, 4.69) is 25.1 Å². The molecular weight excluding hydrogens is 206 g/mol. The molecule has 2 bridgehead atoms. The zero-order valence-corrected chi connectivity index (χ0v) is 11.1. The van der Waals surface area contributed by atoms with Gasteiger partial charge in [0.2, 0.25) is 0 Å². The summed E-state index contributed by atoms with van der Waals surface area (Å²) in [6.07, 6.45) is 12.1. The van der Waals surface area contributed by atoms with E-state index >= 15 is 0 Å². The number of pyridine rings is 1. The highest BCUT2D eigenvalue weighted by Crippen LogP contribution is 2.17. The second-order valence-corrected chi connectivity index (χ2v) is 5.59. The van der Waals surface area contributed by atoms with Crippen LogP contribution in [-0.2, 0) is 12.8 Å². The highest BCUT2D eigenvalue weighted by Gasteiger charge is 2.06. The Balaban J connectivity index is 2.02. The molecule has 2 heterocycles. The van der Waals surface area contributed by atoms with E-state index < -0.39 is 0 Å². The molecule has 0 aliphatic carbocycles. The molecule has 0 spiro atoms. The van der Waals surface area contributed by atoms with Crippen molar-refractivity contribution in [2.75, 3.05) is 0 Å². The Morgan fingerprint density at radius 3 is 2.53 bits per heavy atom. The van der Waals surface area contributed by atoms with E-state index in [0.29, 0.717) is 0 Å². The SMILES string of the molecule is C[C@@H]1CCCCCCCCc2cccc(n2)C1. The van der Waals surface area contributed by atoms with Gasteiger partial charge in [-0.2, -0.15) is 0 Å². The van der Waals surface area contributed by atoms with Crippen molar-refractivity contribution in [3.8, 4) is 0 Å². The molecule has 0 saturated heterocycles. The Morgan fingerprint density at radius 2 is 1.65 bits per heavy atom. The summed E-state index contributed by atoms with van der Waals surface area (Å²) in [5.41, 5.74) is 2.60. The Labute approximate surface area is 106 Å². The number of aryl methyl sites for hydroxylation is 1. The van der Waals surface area contributed by atoms with Crippen molar-refractivity contribution in [2.24, 2.45) is 5.92 Å². The maximum absolute atomic E-state index is 4.79. The Morgan fingerprint density at radius 1 is 0.941 bits per heavy atom. The molecule has 1 heteroatoms. The highest BCUT2D eigenvalue weighted by atomic mass is 14.7. The Bertz CT molecular complexity index is 332. The van der Waals surface area contributed by atoms with Gasteiger partial charge in [-0.15, -0.1) is 0 Å². The highest BCUT2D eigenvalue weighted by molar-refractivity contribution is 5.12. The molecule has 1 nitrogen and oxygen atoms in total. The average Bonchev–Trinajstić information content (AvgIpc) is 2.33. The summed E-state index contributed by atoms with van der Waals surface area (Å²) in [5, 5.41) is 0. The predicted octanol–water partition coefficient (Wildman–Crippen LogP) is 4.55. The maximum atomic E-state index is 4.79. The van der Waals surface area contributed by atoms with Crippen LogP contribution in [0.2, 0.25) is 0 Å². The largest absolute Gasteiger partial charge is 0.258 e. The first kappa shape index (κ1) is 12.6. The molecule has 17 heavy (non-hydrogen) atoms. The van der Waals surface area contributed by atoms with Crippen molar-refractivity contribution in [2.45, 2.75) is 64.7 Å². The van der Waals surface area contributed by atoms with E-state index in [9.17, 15) is 0 Å². The lowest BCUT2D eigenvalue weighted by atomic mass is 9.97. The first-order valence-electron chi connectivity index (χ1n) is 7.29. The molecule has 2 rings (SSSR count). The van der Waals surface area contributed by atoms with E-state index in [0.717, 1.165) is 12.3 Å². The molecule has 0 N–H and O–H groups in total. The third-order valence-corrected chi connectivity index (χ3v) is 3.80. The van der Waals surface area contributed by atoms with Crippen molar-refractivity contribution < 1.29 is 0 Å². The second-order valence-electron chi connectivity index (χ2n) is 5.59. The first-order chi connectivity index (χ1) is 8.34. The Kier molecular flexibility index (Phi) is 5.03. The number of fused-ring (bicyclic) bond motifs is 2. The van der Waals surface area contributed by atoms with Crippen LogP contribution in [0.1, 0.15) is 63.3 Å². The van der Waals surface area contributed by atoms with Crippen molar-refractivity contribution in [3.05, 3.63) is 29.6 Å². The number of hydrogen-bond donors (Lipinski definition) is 0. The van der Waals surface area contributed by atoms with Crippen LogP contribution in [0.15, 0.2) is 18.2 Å². The molecule has 1 aromatic heterocycles. The van der Waals surface area contributed by atoms with Crippen molar-refractivity contribution in [1.29, 1.82) is 0 Å². The molecule has 1 atom stereocenters. The van der Waals surface area contributed by atoms with Gasteiger partial charge in [-0.3, -0.25) is 4.98 Å². The minimum Gasteiger partial charge on any atom is -0.258 e. The lowest BCUT2D eigenvalue weighted by molar-refractivity contribution is 0.479. The normalized spacial score (nSPS) is 23.2. The molecule has 0 fully saturated rings. The average molecular weight is 231 g/mol. The predicted molar refractivity (Wildman–Crippen MR) is 73.1 cm³/mol. The standard InChI is InChI=1S/C16H25N/c1-14-9-6-4-2-3-5-7-10-15-11-8-12-16(13-14)17-15/h8,11-12,14H,2-7,9-10,13H2,1H3/t14-/m1/s1. The van der Waals surface area contributed by atoms with Crippen LogP contribution in [0.4, 0.5) is 0 Å². The monoisotopic (exact) mass is 231 g/mol. The van der Waals surface area contributed by atoms with E-state index in [-0.39, 0.29) is 0 Å². The maximum Gasteiger partial charge on any atom is 0.0409 e. The third-order valence-electron chi connectivity index (χ3n) is 3.80. The van der Waals surface area contributed by atoms with E-state index in [1.54, 1.807) is 0 Å². The number of hydrogen-bond acceptors (Lipinski definition) is 1. The molecule has 0 aromatic carbocycles. The number of aromatic nitrogens is 1. The molecule has 1 aromatic rings. The summed E-state index contributed by atoms with van der Waals surface area (Å²) in [6, 6.07) is 6.57. The first-order valence-corrected chi connectivity index (χ1v) is 7.29. The van der Waals surface area contributed by atoms with Crippen LogP contribution in [0, 0.1) is 5.92 Å².